The minimum atomic E-state index is -0.0522. The van der Waals surface area contributed by atoms with Crippen LogP contribution in [0.15, 0.2) is 82.6 Å². The zero-order chi connectivity index (χ0) is 13.9. The molecule has 0 radical (unpaired) electrons. The maximum Gasteiger partial charge on any atom is 0.255 e. The Hall–Kier alpha value is -2.26. The Balaban J connectivity index is 2.15. The molecule has 0 aliphatic rings. The molecule has 0 aliphatic heterocycles. The summed E-state index contributed by atoms with van der Waals surface area (Å²) in [6.07, 6.45) is 1.86. The van der Waals surface area contributed by atoms with E-state index in [1.54, 1.807) is 10.6 Å². The molecule has 0 atom stereocenters. The van der Waals surface area contributed by atoms with Gasteiger partial charge in [0.1, 0.15) is 0 Å². The summed E-state index contributed by atoms with van der Waals surface area (Å²) >= 11 is 4.32. The maximum atomic E-state index is 12.1. The van der Waals surface area contributed by atoms with Crippen molar-refractivity contribution in [2.24, 2.45) is 0 Å². The smallest absolute Gasteiger partial charge is 0.255 e. The van der Waals surface area contributed by atoms with Crippen molar-refractivity contribution in [1.82, 2.24) is 4.57 Å². The average molecular weight is 279 g/mol. The van der Waals surface area contributed by atoms with E-state index < -0.39 is 0 Å². The number of benzene rings is 2. The van der Waals surface area contributed by atoms with E-state index in [0.717, 1.165) is 21.7 Å². The predicted molar refractivity (Wildman–Crippen MR) is 84.7 cm³/mol. The first-order valence-electron chi connectivity index (χ1n) is 6.31. The van der Waals surface area contributed by atoms with Crippen LogP contribution in [0, 0.1) is 0 Å². The van der Waals surface area contributed by atoms with E-state index in [-0.39, 0.29) is 5.56 Å². The SMILES string of the molecule is O=c1ccc(-c2ccccc2)cn1-c1cccc(S)c1. The van der Waals surface area contributed by atoms with Crippen molar-refractivity contribution in [2.75, 3.05) is 0 Å². The minimum absolute atomic E-state index is 0.0522. The quantitative estimate of drug-likeness (QED) is 0.708. The standard InChI is InChI=1S/C17H13NOS/c19-17-10-9-14(13-5-2-1-3-6-13)12-18(17)15-7-4-8-16(20)11-15/h1-12,20H. The third kappa shape index (κ3) is 2.53. The average Bonchev–Trinajstić information content (AvgIpc) is 2.48. The van der Waals surface area contributed by atoms with Crippen molar-refractivity contribution in [3.8, 4) is 16.8 Å². The summed E-state index contributed by atoms with van der Waals surface area (Å²) < 4.78 is 1.64. The number of rotatable bonds is 2. The Bertz CT molecular complexity index is 793. The van der Waals surface area contributed by atoms with Gasteiger partial charge in [0, 0.05) is 22.8 Å². The molecule has 0 saturated heterocycles. The van der Waals surface area contributed by atoms with Crippen LogP contribution in [0.2, 0.25) is 0 Å². The van der Waals surface area contributed by atoms with Gasteiger partial charge in [-0.1, -0.05) is 36.4 Å². The summed E-state index contributed by atoms with van der Waals surface area (Å²) in [4.78, 5) is 12.9. The van der Waals surface area contributed by atoms with E-state index >= 15 is 0 Å². The van der Waals surface area contributed by atoms with Gasteiger partial charge in [0.25, 0.3) is 5.56 Å². The molecule has 0 amide bonds. The van der Waals surface area contributed by atoms with Gasteiger partial charge < -0.3 is 0 Å². The van der Waals surface area contributed by atoms with Crippen LogP contribution >= 0.6 is 12.6 Å². The summed E-state index contributed by atoms with van der Waals surface area (Å²) in [7, 11) is 0. The van der Waals surface area contributed by atoms with Gasteiger partial charge in [-0.2, -0.15) is 0 Å². The molecule has 20 heavy (non-hydrogen) atoms. The zero-order valence-electron chi connectivity index (χ0n) is 10.7. The van der Waals surface area contributed by atoms with Gasteiger partial charge in [0.2, 0.25) is 0 Å². The molecule has 0 fully saturated rings. The molecule has 3 rings (SSSR count). The highest BCUT2D eigenvalue weighted by atomic mass is 32.1. The monoisotopic (exact) mass is 279 g/mol. The van der Waals surface area contributed by atoms with Gasteiger partial charge in [0.15, 0.2) is 0 Å². The van der Waals surface area contributed by atoms with Crippen molar-refractivity contribution < 1.29 is 0 Å². The van der Waals surface area contributed by atoms with E-state index in [0.29, 0.717) is 0 Å². The van der Waals surface area contributed by atoms with Crippen LogP contribution in [0.5, 0.6) is 0 Å². The van der Waals surface area contributed by atoms with E-state index in [1.807, 2.05) is 66.9 Å². The molecule has 2 aromatic carbocycles. The summed E-state index contributed by atoms with van der Waals surface area (Å²) in [6.45, 7) is 0. The first-order valence-corrected chi connectivity index (χ1v) is 6.76. The topological polar surface area (TPSA) is 22.0 Å². The van der Waals surface area contributed by atoms with E-state index in [9.17, 15) is 4.79 Å². The molecular formula is C17H13NOS. The highest BCUT2D eigenvalue weighted by molar-refractivity contribution is 7.80. The Labute approximate surface area is 122 Å². The largest absolute Gasteiger partial charge is 0.284 e. The first kappa shape index (κ1) is 12.8. The molecule has 2 nitrogen and oxygen atoms in total. The highest BCUT2D eigenvalue weighted by Crippen LogP contribution is 2.19. The molecule has 3 heteroatoms. The lowest BCUT2D eigenvalue weighted by molar-refractivity contribution is 0.987. The predicted octanol–water partition coefficient (Wildman–Crippen LogP) is 3.79. The van der Waals surface area contributed by atoms with Crippen molar-refractivity contribution in [2.45, 2.75) is 4.90 Å². The van der Waals surface area contributed by atoms with Crippen LogP contribution in [0.25, 0.3) is 16.8 Å². The molecule has 0 aliphatic carbocycles. The molecule has 0 spiro atoms. The zero-order valence-corrected chi connectivity index (χ0v) is 11.6. The molecule has 0 saturated carbocycles. The molecule has 1 aromatic heterocycles. The summed E-state index contributed by atoms with van der Waals surface area (Å²) in [5.41, 5.74) is 2.86. The number of aromatic nitrogens is 1. The lowest BCUT2D eigenvalue weighted by atomic mass is 10.1. The Morgan fingerprint density at radius 3 is 2.35 bits per heavy atom. The molecule has 0 N–H and O–H groups in total. The summed E-state index contributed by atoms with van der Waals surface area (Å²) in [6, 6.07) is 21.0. The second-order valence-corrected chi connectivity index (χ2v) is 5.03. The molecule has 1 heterocycles. The molecule has 0 bridgehead atoms. The van der Waals surface area contributed by atoms with Crippen LogP contribution in [-0.2, 0) is 0 Å². The number of nitrogens with zero attached hydrogens (tertiary/aromatic N) is 1. The lowest BCUT2D eigenvalue weighted by Gasteiger charge is -2.09. The fourth-order valence-electron chi connectivity index (χ4n) is 2.13. The second kappa shape index (κ2) is 5.39. The molecule has 3 aromatic rings. The number of thiol groups is 1. The van der Waals surface area contributed by atoms with Crippen LogP contribution in [0.4, 0.5) is 0 Å². The fourth-order valence-corrected chi connectivity index (χ4v) is 2.35. The van der Waals surface area contributed by atoms with Crippen molar-refractivity contribution >= 4 is 12.6 Å². The molecular weight excluding hydrogens is 266 g/mol. The van der Waals surface area contributed by atoms with E-state index in [1.165, 1.54) is 0 Å². The van der Waals surface area contributed by atoms with Gasteiger partial charge in [-0.15, -0.1) is 12.6 Å². The second-order valence-electron chi connectivity index (χ2n) is 4.51. The Morgan fingerprint density at radius 2 is 1.60 bits per heavy atom. The van der Waals surface area contributed by atoms with Crippen molar-refractivity contribution in [1.29, 1.82) is 0 Å². The third-order valence-corrected chi connectivity index (χ3v) is 3.40. The molecule has 0 unspecified atom stereocenters. The van der Waals surface area contributed by atoms with E-state index in [4.69, 9.17) is 0 Å². The van der Waals surface area contributed by atoms with Crippen LogP contribution in [0.3, 0.4) is 0 Å². The minimum Gasteiger partial charge on any atom is -0.284 e. The van der Waals surface area contributed by atoms with Crippen molar-refractivity contribution in [3.05, 3.63) is 83.3 Å². The van der Waals surface area contributed by atoms with Gasteiger partial charge in [-0.3, -0.25) is 9.36 Å². The summed E-state index contributed by atoms with van der Waals surface area (Å²) in [5, 5.41) is 0. The third-order valence-electron chi connectivity index (χ3n) is 3.13. The fraction of sp³-hybridized carbons (Fsp3) is 0. The lowest BCUT2D eigenvalue weighted by Crippen LogP contribution is -2.16. The Morgan fingerprint density at radius 1 is 0.800 bits per heavy atom. The van der Waals surface area contributed by atoms with E-state index in [2.05, 4.69) is 12.6 Å². The van der Waals surface area contributed by atoms with Gasteiger partial charge in [-0.25, -0.2) is 0 Å². The maximum absolute atomic E-state index is 12.1. The van der Waals surface area contributed by atoms with Crippen LogP contribution < -0.4 is 5.56 Å². The number of hydrogen-bond acceptors (Lipinski definition) is 2. The molecule has 98 valence electrons. The van der Waals surface area contributed by atoms with Gasteiger partial charge in [-0.05, 0) is 35.4 Å². The highest BCUT2D eigenvalue weighted by Gasteiger charge is 2.03. The normalized spacial score (nSPS) is 10.4. The number of hydrogen-bond donors (Lipinski definition) is 1. The first-order chi connectivity index (χ1) is 9.74. The van der Waals surface area contributed by atoms with Gasteiger partial charge >= 0.3 is 0 Å². The summed E-state index contributed by atoms with van der Waals surface area (Å²) in [5.74, 6) is 0. The van der Waals surface area contributed by atoms with Crippen molar-refractivity contribution in [3.63, 3.8) is 0 Å². The van der Waals surface area contributed by atoms with Gasteiger partial charge in [0.05, 0.1) is 0 Å². The van der Waals surface area contributed by atoms with Crippen LogP contribution in [0.1, 0.15) is 0 Å². The van der Waals surface area contributed by atoms with Crippen LogP contribution in [-0.4, -0.2) is 4.57 Å². The number of pyridine rings is 1. The Kier molecular flexibility index (Phi) is 3.44.